The normalized spacial score (nSPS) is 25.9. The van der Waals surface area contributed by atoms with Crippen molar-refractivity contribution in [1.82, 2.24) is 0 Å². The molecular formula is C19H25NO3S. The molecule has 0 aromatic heterocycles. The quantitative estimate of drug-likeness (QED) is 0.847. The minimum atomic E-state index is -3.24. The van der Waals surface area contributed by atoms with E-state index in [0.29, 0.717) is 23.1 Å². The van der Waals surface area contributed by atoms with Crippen molar-refractivity contribution < 1.29 is 13.2 Å². The highest BCUT2D eigenvalue weighted by Crippen LogP contribution is 2.43. The molecule has 2 aliphatic carbocycles. The van der Waals surface area contributed by atoms with E-state index in [4.69, 9.17) is 0 Å². The molecule has 1 N–H and O–H groups in total. The van der Waals surface area contributed by atoms with E-state index in [-0.39, 0.29) is 17.6 Å². The summed E-state index contributed by atoms with van der Waals surface area (Å²) in [5.41, 5.74) is 1.38. The lowest BCUT2D eigenvalue weighted by atomic mass is 9.93. The molecule has 130 valence electrons. The Morgan fingerprint density at radius 2 is 1.96 bits per heavy atom. The zero-order valence-corrected chi connectivity index (χ0v) is 15.3. The SMILES string of the molecule is CC(C)(C)S(=O)(=O)Cc1cccc(NC(=O)[C@H]2C[C@H]3C=C[C@H]2C3)c1. The van der Waals surface area contributed by atoms with Crippen LogP contribution in [0.2, 0.25) is 0 Å². The van der Waals surface area contributed by atoms with Gasteiger partial charge in [-0.25, -0.2) is 8.42 Å². The van der Waals surface area contributed by atoms with Gasteiger partial charge in [0.05, 0.1) is 10.5 Å². The molecule has 1 aromatic carbocycles. The third-order valence-electron chi connectivity index (χ3n) is 5.10. The molecule has 2 aliphatic rings. The first-order valence-corrected chi connectivity index (χ1v) is 10.1. The number of carbonyl (C=O) groups is 1. The molecule has 0 spiro atoms. The zero-order valence-electron chi connectivity index (χ0n) is 14.5. The first-order valence-electron chi connectivity index (χ1n) is 8.46. The summed E-state index contributed by atoms with van der Waals surface area (Å²) in [5, 5.41) is 2.97. The highest BCUT2D eigenvalue weighted by atomic mass is 32.2. The maximum atomic E-state index is 12.5. The molecule has 0 radical (unpaired) electrons. The molecule has 1 amide bonds. The van der Waals surface area contributed by atoms with Crippen LogP contribution in [-0.2, 0) is 20.4 Å². The van der Waals surface area contributed by atoms with Crippen LogP contribution in [0.4, 0.5) is 5.69 Å². The van der Waals surface area contributed by atoms with Gasteiger partial charge in [0.25, 0.3) is 0 Å². The average molecular weight is 347 g/mol. The van der Waals surface area contributed by atoms with Gasteiger partial charge in [-0.15, -0.1) is 0 Å². The summed E-state index contributed by atoms with van der Waals surface area (Å²) in [5.74, 6) is 0.981. The summed E-state index contributed by atoms with van der Waals surface area (Å²) in [4.78, 5) is 12.5. The topological polar surface area (TPSA) is 63.2 Å². The standard InChI is InChI=1S/C19H25NO3S/c1-19(2,3)24(22,23)12-14-5-4-6-16(10-14)20-18(21)17-11-13-7-8-15(17)9-13/h4-8,10,13,15,17H,9,11-12H2,1-3H3,(H,20,21)/t13-,15-,17-/m0/s1. The van der Waals surface area contributed by atoms with Gasteiger partial charge in [-0.2, -0.15) is 0 Å². The largest absolute Gasteiger partial charge is 0.326 e. The fourth-order valence-corrected chi connectivity index (χ4v) is 4.54. The molecule has 1 aromatic rings. The lowest BCUT2D eigenvalue weighted by Crippen LogP contribution is -2.29. The molecule has 5 heteroatoms. The number of nitrogens with one attached hydrogen (secondary N) is 1. The Balaban J connectivity index is 1.70. The van der Waals surface area contributed by atoms with Crippen LogP contribution in [0.15, 0.2) is 36.4 Å². The monoisotopic (exact) mass is 347 g/mol. The van der Waals surface area contributed by atoms with E-state index >= 15 is 0 Å². The Morgan fingerprint density at radius 1 is 1.21 bits per heavy atom. The van der Waals surface area contributed by atoms with Crippen molar-refractivity contribution in [3.05, 3.63) is 42.0 Å². The number of hydrogen-bond acceptors (Lipinski definition) is 3. The summed E-state index contributed by atoms with van der Waals surface area (Å²) >= 11 is 0. The van der Waals surface area contributed by atoms with E-state index in [1.165, 1.54) is 0 Å². The molecule has 0 saturated heterocycles. The molecule has 4 nitrogen and oxygen atoms in total. The fourth-order valence-electron chi connectivity index (χ4n) is 3.49. The van der Waals surface area contributed by atoms with Gasteiger partial charge in [0.2, 0.25) is 5.91 Å². The second-order valence-corrected chi connectivity index (χ2v) is 10.7. The van der Waals surface area contributed by atoms with E-state index in [1.807, 2.05) is 6.07 Å². The molecule has 1 fully saturated rings. The van der Waals surface area contributed by atoms with Crippen LogP contribution < -0.4 is 5.32 Å². The van der Waals surface area contributed by atoms with Crippen LogP contribution >= 0.6 is 0 Å². The van der Waals surface area contributed by atoms with Gasteiger partial charge in [-0.3, -0.25) is 4.79 Å². The van der Waals surface area contributed by atoms with E-state index < -0.39 is 14.6 Å². The maximum Gasteiger partial charge on any atom is 0.228 e. The summed E-state index contributed by atoms with van der Waals surface area (Å²) in [6.45, 7) is 5.11. The van der Waals surface area contributed by atoms with Gasteiger partial charge in [0.1, 0.15) is 0 Å². The number of sulfone groups is 1. The molecule has 3 atom stereocenters. The van der Waals surface area contributed by atoms with Crippen molar-refractivity contribution in [1.29, 1.82) is 0 Å². The van der Waals surface area contributed by atoms with Crippen LogP contribution in [0.25, 0.3) is 0 Å². The van der Waals surface area contributed by atoms with Crippen LogP contribution in [0.1, 0.15) is 39.2 Å². The second kappa shape index (κ2) is 6.03. The number of benzene rings is 1. The minimum absolute atomic E-state index is 0.0168. The van der Waals surface area contributed by atoms with Crippen molar-refractivity contribution in [2.45, 2.75) is 44.1 Å². The third kappa shape index (κ3) is 3.41. The van der Waals surface area contributed by atoms with Gasteiger partial charge in [0, 0.05) is 11.6 Å². The first-order chi connectivity index (χ1) is 11.2. The van der Waals surface area contributed by atoms with E-state index in [0.717, 1.165) is 12.8 Å². The van der Waals surface area contributed by atoms with Crippen molar-refractivity contribution >= 4 is 21.4 Å². The average Bonchev–Trinajstić information content (AvgIpc) is 3.08. The van der Waals surface area contributed by atoms with Gasteiger partial charge in [0.15, 0.2) is 9.84 Å². The number of allylic oxidation sites excluding steroid dienone is 2. The molecule has 0 unspecified atom stereocenters. The molecule has 0 heterocycles. The summed E-state index contributed by atoms with van der Waals surface area (Å²) in [6, 6.07) is 7.17. The van der Waals surface area contributed by atoms with Crippen LogP contribution in [-0.4, -0.2) is 19.1 Å². The van der Waals surface area contributed by atoms with Crippen LogP contribution in [0, 0.1) is 17.8 Å². The van der Waals surface area contributed by atoms with Gasteiger partial charge >= 0.3 is 0 Å². The Morgan fingerprint density at radius 3 is 2.54 bits per heavy atom. The zero-order chi connectivity index (χ0) is 17.5. The lowest BCUT2D eigenvalue weighted by Gasteiger charge is -2.20. The summed E-state index contributed by atoms with van der Waals surface area (Å²) in [7, 11) is -3.24. The Bertz CT molecular complexity index is 774. The van der Waals surface area contributed by atoms with Crippen molar-refractivity contribution in [3.8, 4) is 0 Å². The predicted molar refractivity (Wildman–Crippen MR) is 96.3 cm³/mol. The highest BCUT2D eigenvalue weighted by molar-refractivity contribution is 7.91. The molecule has 0 aliphatic heterocycles. The van der Waals surface area contributed by atoms with Crippen LogP contribution in [0.3, 0.4) is 0 Å². The number of rotatable bonds is 4. The Kier molecular flexibility index (Phi) is 4.32. The molecule has 3 rings (SSSR count). The molecular weight excluding hydrogens is 322 g/mol. The number of carbonyl (C=O) groups excluding carboxylic acids is 1. The highest BCUT2D eigenvalue weighted by Gasteiger charge is 2.39. The number of fused-ring (bicyclic) bond motifs is 2. The van der Waals surface area contributed by atoms with Gasteiger partial charge in [-0.1, -0.05) is 24.3 Å². The first kappa shape index (κ1) is 17.2. The Hall–Kier alpha value is -1.62. The number of hydrogen-bond donors (Lipinski definition) is 1. The molecule has 2 bridgehead atoms. The summed E-state index contributed by atoms with van der Waals surface area (Å²) < 4.78 is 23.9. The van der Waals surface area contributed by atoms with Crippen molar-refractivity contribution in [2.24, 2.45) is 17.8 Å². The van der Waals surface area contributed by atoms with E-state index in [2.05, 4.69) is 17.5 Å². The summed E-state index contributed by atoms with van der Waals surface area (Å²) in [6.07, 6.45) is 6.38. The van der Waals surface area contributed by atoms with Crippen LogP contribution in [0.5, 0.6) is 0 Å². The molecule has 1 saturated carbocycles. The van der Waals surface area contributed by atoms with Crippen molar-refractivity contribution in [2.75, 3.05) is 5.32 Å². The lowest BCUT2D eigenvalue weighted by molar-refractivity contribution is -0.120. The van der Waals surface area contributed by atoms with Gasteiger partial charge < -0.3 is 5.32 Å². The molecule has 24 heavy (non-hydrogen) atoms. The van der Waals surface area contributed by atoms with E-state index in [9.17, 15) is 13.2 Å². The smallest absolute Gasteiger partial charge is 0.228 e. The second-order valence-electron chi connectivity index (χ2n) is 7.95. The van der Waals surface area contributed by atoms with E-state index in [1.54, 1.807) is 39.0 Å². The third-order valence-corrected chi connectivity index (χ3v) is 7.68. The Labute approximate surface area is 144 Å². The number of anilines is 1. The fraction of sp³-hybridized carbons (Fsp3) is 0.526. The minimum Gasteiger partial charge on any atom is -0.326 e. The van der Waals surface area contributed by atoms with Gasteiger partial charge in [-0.05, 0) is 63.1 Å². The predicted octanol–water partition coefficient (Wildman–Crippen LogP) is 3.55. The number of amides is 1. The van der Waals surface area contributed by atoms with Crippen molar-refractivity contribution in [3.63, 3.8) is 0 Å². The maximum absolute atomic E-state index is 12.5.